The summed E-state index contributed by atoms with van der Waals surface area (Å²) in [5.41, 5.74) is 1.38. The molecule has 0 aliphatic heterocycles. The van der Waals surface area contributed by atoms with Crippen LogP contribution in [0.1, 0.15) is 52.2 Å². The van der Waals surface area contributed by atoms with E-state index in [4.69, 9.17) is 5.26 Å². The van der Waals surface area contributed by atoms with Crippen molar-refractivity contribution in [1.82, 2.24) is 13.9 Å². The number of nitriles is 1. The van der Waals surface area contributed by atoms with Gasteiger partial charge < -0.3 is 0 Å². The summed E-state index contributed by atoms with van der Waals surface area (Å²) >= 11 is 0. The van der Waals surface area contributed by atoms with Crippen molar-refractivity contribution in [2.75, 3.05) is 0 Å². The molecule has 0 aliphatic rings. The van der Waals surface area contributed by atoms with E-state index in [9.17, 15) is 8.42 Å². The molecule has 7 heteroatoms. The Kier molecular flexibility index (Phi) is 11.9. The van der Waals surface area contributed by atoms with Gasteiger partial charge in [-0.2, -0.15) is 5.26 Å². The lowest BCUT2D eigenvalue weighted by molar-refractivity contribution is 0.588. The number of fused-ring (bicyclic) bond motifs is 1. The lowest BCUT2D eigenvalue weighted by Crippen LogP contribution is -2.12. The summed E-state index contributed by atoms with van der Waals surface area (Å²) in [6.07, 6.45) is 6.92. The van der Waals surface area contributed by atoms with Crippen LogP contribution >= 0.6 is 0 Å². The summed E-state index contributed by atoms with van der Waals surface area (Å²) in [7, 11) is -3.80. The fourth-order valence-corrected chi connectivity index (χ4v) is 3.36. The van der Waals surface area contributed by atoms with E-state index in [1.54, 1.807) is 12.1 Å². The molecule has 2 heterocycles. The van der Waals surface area contributed by atoms with Gasteiger partial charge in [-0.05, 0) is 25.5 Å². The van der Waals surface area contributed by atoms with E-state index >= 15 is 0 Å². The zero-order valence-electron chi connectivity index (χ0n) is 18.0. The Morgan fingerprint density at radius 1 is 1.17 bits per heavy atom. The topological polar surface area (TPSA) is 88.6 Å². The predicted octanol–water partition coefficient (Wildman–Crippen LogP) is 5.48. The number of hydrogen-bond donors (Lipinski definition) is 0. The molecule has 0 N–H and O–H groups in total. The van der Waals surface area contributed by atoms with Gasteiger partial charge in [0.25, 0.3) is 10.0 Å². The second-order valence-corrected chi connectivity index (χ2v) is 7.04. The smallest absolute Gasteiger partial charge is 0.244 e. The van der Waals surface area contributed by atoms with Crippen molar-refractivity contribution in [2.45, 2.75) is 52.9 Å². The van der Waals surface area contributed by atoms with Crippen LogP contribution in [0.25, 0.3) is 11.0 Å². The standard InChI is InChI=1S/C14H10N4O2S.C4H8.2C2H6/c1-10-2-4-12(5-3-10)21(19,20)18-8-11(6-15)13-7-16-9-17-14(13)18;1-3-4-2;2*1-2/h2-5,7-9H,1H3;3H,1,4H2,2H3;2*1-2H3. The summed E-state index contributed by atoms with van der Waals surface area (Å²) in [5, 5.41) is 9.52. The van der Waals surface area contributed by atoms with E-state index < -0.39 is 10.0 Å². The molecule has 0 atom stereocenters. The van der Waals surface area contributed by atoms with Gasteiger partial charge in [-0.3, -0.25) is 0 Å². The molecule has 3 rings (SSSR count). The lowest BCUT2D eigenvalue weighted by atomic mass is 10.2. The van der Waals surface area contributed by atoms with Gasteiger partial charge in [0.05, 0.1) is 15.8 Å². The molecule has 0 fully saturated rings. The lowest BCUT2D eigenvalue weighted by Gasteiger charge is -2.06. The van der Waals surface area contributed by atoms with Gasteiger partial charge in [-0.15, -0.1) is 6.58 Å². The van der Waals surface area contributed by atoms with Crippen LogP contribution < -0.4 is 0 Å². The Labute approximate surface area is 174 Å². The molecule has 0 aliphatic carbocycles. The van der Waals surface area contributed by atoms with Crippen molar-refractivity contribution in [3.63, 3.8) is 0 Å². The normalized spacial score (nSPS) is 9.55. The molecule has 156 valence electrons. The number of nitrogens with zero attached hydrogens (tertiary/aromatic N) is 4. The maximum Gasteiger partial charge on any atom is 0.269 e. The van der Waals surface area contributed by atoms with Gasteiger partial charge in [0.1, 0.15) is 12.4 Å². The maximum atomic E-state index is 12.7. The third kappa shape index (κ3) is 6.54. The average Bonchev–Trinajstić information content (AvgIpc) is 3.17. The summed E-state index contributed by atoms with van der Waals surface area (Å²) in [6.45, 7) is 15.4. The molecule has 0 saturated heterocycles. The first-order chi connectivity index (χ1) is 14.0. The van der Waals surface area contributed by atoms with Gasteiger partial charge in [-0.25, -0.2) is 22.4 Å². The molecular formula is C22H30N4O2S. The summed E-state index contributed by atoms with van der Waals surface area (Å²) < 4.78 is 26.4. The third-order valence-electron chi connectivity index (χ3n) is 3.42. The second kappa shape index (κ2) is 13.2. The zero-order chi connectivity index (χ0) is 22.4. The highest BCUT2D eigenvalue weighted by Gasteiger charge is 2.22. The molecule has 29 heavy (non-hydrogen) atoms. The van der Waals surface area contributed by atoms with E-state index in [1.165, 1.54) is 30.9 Å². The zero-order valence-corrected chi connectivity index (χ0v) is 18.9. The summed E-state index contributed by atoms with van der Waals surface area (Å²) in [5.74, 6) is 0. The minimum atomic E-state index is -3.80. The van der Waals surface area contributed by atoms with Crippen LogP contribution in [0.2, 0.25) is 0 Å². The van der Waals surface area contributed by atoms with E-state index in [-0.39, 0.29) is 16.1 Å². The minimum Gasteiger partial charge on any atom is -0.244 e. The van der Waals surface area contributed by atoms with E-state index in [2.05, 4.69) is 23.5 Å². The highest BCUT2D eigenvalue weighted by Crippen LogP contribution is 2.23. The fraction of sp³-hybridized carbons (Fsp3) is 0.318. The Hall–Kier alpha value is -2.98. The molecule has 1 aromatic carbocycles. The van der Waals surface area contributed by atoms with Crippen LogP contribution in [0.4, 0.5) is 0 Å². The highest BCUT2D eigenvalue weighted by molar-refractivity contribution is 7.90. The molecule has 0 unspecified atom stereocenters. The minimum absolute atomic E-state index is 0.146. The van der Waals surface area contributed by atoms with Crippen molar-refractivity contribution >= 4 is 21.1 Å². The van der Waals surface area contributed by atoms with Gasteiger partial charge in [0.15, 0.2) is 5.65 Å². The highest BCUT2D eigenvalue weighted by atomic mass is 32.2. The SMILES string of the molecule is C=CCC.CC.CC.Cc1ccc(S(=O)(=O)n2cc(C#N)c3cncnc32)cc1. The Morgan fingerprint density at radius 2 is 1.72 bits per heavy atom. The van der Waals surface area contributed by atoms with Crippen LogP contribution in [0.15, 0.2) is 60.5 Å². The van der Waals surface area contributed by atoms with Gasteiger partial charge in [0, 0.05) is 12.4 Å². The largest absolute Gasteiger partial charge is 0.269 e. The van der Waals surface area contributed by atoms with Crippen LogP contribution in [-0.4, -0.2) is 22.4 Å². The Balaban J connectivity index is 0.000000859. The molecule has 3 aromatic rings. The average molecular weight is 415 g/mol. The number of rotatable bonds is 3. The van der Waals surface area contributed by atoms with Crippen LogP contribution in [0.3, 0.4) is 0 Å². The predicted molar refractivity (Wildman–Crippen MR) is 119 cm³/mol. The first kappa shape index (κ1) is 26.0. The molecule has 6 nitrogen and oxygen atoms in total. The molecule has 0 spiro atoms. The van der Waals surface area contributed by atoms with E-state index in [0.717, 1.165) is 16.0 Å². The first-order valence-electron chi connectivity index (χ1n) is 9.60. The molecule has 0 radical (unpaired) electrons. The third-order valence-corrected chi connectivity index (χ3v) is 5.09. The molecule has 0 saturated carbocycles. The van der Waals surface area contributed by atoms with Crippen molar-refractivity contribution in [3.05, 3.63) is 66.8 Å². The van der Waals surface area contributed by atoms with Crippen molar-refractivity contribution in [1.29, 1.82) is 5.26 Å². The van der Waals surface area contributed by atoms with Crippen LogP contribution in [0, 0.1) is 18.3 Å². The number of aromatic nitrogens is 3. The Bertz CT molecular complexity index is 1030. The number of aryl methyl sites for hydroxylation is 1. The molecule has 0 amide bonds. The summed E-state index contributed by atoms with van der Waals surface area (Å²) in [6, 6.07) is 8.46. The van der Waals surface area contributed by atoms with E-state index in [1.807, 2.05) is 46.8 Å². The van der Waals surface area contributed by atoms with Crippen molar-refractivity contribution in [3.8, 4) is 6.07 Å². The monoisotopic (exact) mass is 414 g/mol. The number of hydrogen-bond acceptors (Lipinski definition) is 5. The second-order valence-electron chi connectivity index (χ2n) is 5.23. The maximum absolute atomic E-state index is 12.7. The quantitative estimate of drug-likeness (QED) is 0.529. The fourth-order valence-electron chi connectivity index (χ4n) is 2.03. The summed E-state index contributed by atoms with van der Waals surface area (Å²) in [4.78, 5) is 7.96. The molecule has 2 aromatic heterocycles. The van der Waals surface area contributed by atoms with Gasteiger partial charge in [-0.1, -0.05) is 58.4 Å². The Morgan fingerprint density at radius 3 is 2.21 bits per heavy atom. The first-order valence-corrected chi connectivity index (χ1v) is 11.0. The van der Waals surface area contributed by atoms with Gasteiger partial charge >= 0.3 is 0 Å². The molecular weight excluding hydrogens is 384 g/mol. The molecule has 0 bridgehead atoms. The van der Waals surface area contributed by atoms with Crippen molar-refractivity contribution < 1.29 is 8.42 Å². The number of allylic oxidation sites excluding steroid dienone is 1. The van der Waals surface area contributed by atoms with E-state index in [0.29, 0.717) is 5.39 Å². The van der Waals surface area contributed by atoms with Gasteiger partial charge in [0.2, 0.25) is 0 Å². The van der Waals surface area contributed by atoms with Crippen LogP contribution in [-0.2, 0) is 10.0 Å². The number of benzene rings is 1. The van der Waals surface area contributed by atoms with Crippen LogP contribution in [0.5, 0.6) is 0 Å². The van der Waals surface area contributed by atoms with Crippen molar-refractivity contribution in [2.24, 2.45) is 0 Å².